The third kappa shape index (κ3) is 6.22. The Morgan fingerprint density at radius 2 is 1.86 bits per heavy atom. The van der Waals surface area contributed by atoms with Crippen molar-refractivity contribution in [1.29, 1.82) is 0 Å². The third-order valence-electron chi connectivity index (χ3n) is 7.61. The fraction of sp³-hybridized carbons (Fsp3) is 0.367. The van der Waals surface area contributed by atoms with Gasteiger partial charge in [0.25, 0.3) is 0 Å². The number of hydrogen-bond acceptors (Lipinski definition) is 7. The van der Waals surface area contributed by atoms with Gasteiger partial charge in [-0.1, -0.05) is 42.3 Å². The van der Waals surface area contributed by atoms with E-state index in [1.165, 1.54) is 19.2 Å². The van der Waals surface area contributed by atoms with Crippen molar-refractivity contribution in [2.45, 2.75) is 57.8 Å². The number of alkyl halides is 3. The molecule has 9 nitrogen and oxygen atoms in total. The van der Waals surface area contributed by atoms with Gasteiger partial charge in [-0.2, -0.15) is 13.2 Å². The molecule has 5 rings (SSSR count). The summed E-state index contributed by atoms with van der Waals surface area (Å²) in [5.74, 6) is -0.251. The Labute approximate surface area is 240 Å². The van der Waals surface area contributed by atoms with Crippen molar-refractivity contribution in [2.75, 3.05) is 12.4 Å². The van der Waals surface area contributed by atoms with Crippen LogP contribution < -0.4 is 11.1 Å². The lowest BCUT2D eigenvalue weighted by Gasteiger charge is -2.34. The summed E-state index contributed by atoms with van der Waals surface area (Å²) in [6.45, 7) is 2.10. The molecular formula is C30H31F3N6O3. The molecule has 3 N–H and O–H groups in total. The Balaban J connectivity index is 1.68. The van der Waals surface area contributed by atoms with E-state index in [1.54, 1.807) is 0 Å². The maximum atomic E-state index is 13.2. The zero-order valence-electron chi connectivity index (χ0n) is 23.2. The molecule has 0 saturated heterocycles. The number of hydrogen-bond donors (Lipinski definition) is 2. The first-order valence-corrected chi connectivity index (χ1v) is 13.7. The minimum Gasteiger partial charge on any atom is -0.463 e. The summed E-state index contributed by atoms with van der Waals surface area (Å²) in [6, 6.07) is 12.4. The fourth-order valence-corrected chi connectivity index (χ4v) is 5.20. The predicted octanol–water partition coefficient (Wildman–Crippen LogP) is 5.50. The number of carbonyl (C=O) groups is 2. The Kier molecular flexibility index (Phi) is 8.15. The number of rotatable bonds is 10. The number of carbonyl (C=O) groups excluding carboxylic acids is 2. The number of nitrogens with zero attached hydrogens (tertiary/aromatic N) is 4. The lowest BCUT2D eigenvalue weighted by molar-refractivity contribution is -0.137. The van der Waals surface area contributed by atoms with Gasteiger partial charge in [0.05, 0.1) is 12.7 Å². The number of amides is 1. The highest BCUT2D eigenvalue weighted by molar-refractivity contribution is 5.93. The molecule has 4 aromatic rings. The number of methoxy groups -OCH3 is 1. The third-order valence-corrected chi connectivity index (χ3v) is 7.61. The number of aryl methyl sites for hydroxylation is 1. The molecule has 1 aliphatic carbocycles. The second-order valence-electron chi connectivity index (χ2n) is 10.6. The van der Waals surface area contributed by atoms with Crippen molar-refractivity contribution in [3.05, 3.63) is 71.0 Å². The Morgan fingerprint density at radius 1 is 1.12 bits per heavy atom. The lowest BCUT2D eigenvalue weighted by atomic mass is 9.78. The fourth-order valence-electron chi connectivity index (χ4n) is 5.20. The Hall–Kier alpha value is -4.48. The quantitative estimate of drug-likeness (QED) is 0.237. The molecule has 0 radical (unpaired) electrons. The molecular weight excluding hydrogens is 549 g/mol. The summed E-state index contributed by atoms with van der Waals surface area (Å²) >= 11 is 0. The van der Waals surface area contributed by atoms with Crippen molar-refractivity contribution >= 4 is 28.9 Å². The molecule has 0 bridgehead atoms. The van der Waals surface area contributed by atoms with Crippen molar-refractivity contribution in [3.63, 3.8) is 0 Å². The van der Waals surface area contributed by atoms with Crippen LogP contribution in [-0.2, 0) is 22.3 Å². The number of nitrogens with two attached hydrogens (primary N) is 1. The zero-order chi connectivity index (χ0) is 30.0. The molecule has 1 saturated carbocycles. The average Bonchev–Trinajstić information content (AvgIpc) is 3.28. The summed E-state index contributed by atoms with van der Waals surface area (Å²) in [5, 5.41) is 3.45. The number of benzene rings is 2. The van der Waals surface area contributed by atoms with Gasteiger partial charge in [0.15, 0.2) is 11.5 Å². The molecule has 1 atom stereocenters. The number of imidazole rings is 1. The van der Waals surface area contributed by atoms with Crippen LogP contribution in [0.3, 0.4) is 0 Å². The normalized spacial score (nSPS) is 14.4. The Morgan fingerprint density at radius 3 is 2.45 bits per heavy atom. The Bertz CT molecular complexity index is 1610. The van der Waals surface area contributed by atoms with Crippen molar-refractivity contribution < 1.29 is 27.5 Å². The molecule has 0 spiro atoms. The molecule has 12 heteroatoms. The molecule has 220 valence electrons. The largest absolute Gasteiger partial charge is 0.463 e. The number of ether oxygens (including phenoxy) is 1. The van der Waals surface area contributed by atoms with Gasteiger partial charge in [-0.3, -0.25) is 4.79 Å². The summed E-state index contributed by atoms with van der Waals surface area (Å²) in [5.41, 5.74) is 7.75. The maximum absolute atomic E-state index is 13.2. The number of aromatic nitrogens is 4. The highest BCUT2D eigenvalue weighted by Gasteiger charge is 2.31. The van der Waals surface area contributed by atoms with Crippen LogP contribution in [0.1, 0.15) is 59.4 Å². The first-order valence-electron chi connectivity index (χ1n) is 13.7. The van der Waals surface area contributed by atoms with E-state index in [4.69, 9.17) is 15.5 Å². The highest BCUT2D eigenvalue weighted by atomic mass is 19.4. The van der Waals surface area contributed by atoms with E-state index in [9.17, 15) is 22.8 Å². The molecule has 2 aromatic carbocycles. The molecule has 42 heavy (non-hydrogen) atoms. The van der Waals surface area contributed by atoms with Crippen LogP contribution in [0.15, 0.2) is 48.5 Å². The van der Waals surface area contributed by atoms with Gasteiger partial charge in [0.1, 0.15) is 11.3 Å². The average molecular weight is 581 g/mol. The van der Waals surface area contributed by atoms with Crippen LogP contribution in [0.25, 0.3) is 22.6 Å². The monoisotopic (exact) mass is 580 g/mol. The summed E-state index contributed by atoms with van der Waals surface area (Å²) in [7, 11) is 1.23. The molecule has 2 heterocycles. The van der Waals surface area contributed by atoms with Crippen molar-refractivity contribution in [2.24, 2.45) is 11.7 Å². The van der Waals surface area contributed by atoms with Gasteiger partial charge in [-0.25, -0.2) is 19.7 Å². The van der Waals surface area contributed by atoms with Gasteiger partial charge in [-0.15, -0.1) is 0 Å². The first kappa shape index (κ1) is 29.0. The summed E-state index contributed by atoms with van der Waals surface area (Å²) in [4.78, 5) is 37.9. The van der Waals surface area contributed by atoms with Gasteiger partial charge >= 0.3 is 12.1 Å². The number of fused-ring (bicyclic) bond motifs is 1. The second kappa shape index (κ2) is 11.8. The molecule has 0 unspecified atom stereocenters. The van der Waals surface area contributed by atoms with Crippen LogP contribution in [0.5, 0.6) is 0 Å². The number of halogens is 3. The second-order valence-corrected chi connectivity index (χ2v) is 10.6. The molecule has 2 aromatic heterocycles. The molecule has 0 aliphatic heterocycles. The van der Waals surface area contributed by atoms with E-state index in [0.29, 0.717) is 29.1 Å². The van der Waals surface area contributed by atoms with Crippen LogP contribution in [0.2, 0.25) is 0 Å². The SMILES string of the molecule is COC(=O)c1nc(N[C@H](CCC(N)=O)C2CCC2)c2c(n1)nc(-c1cccc(C)c1)n2Cc1ccc(C(F)(F)F)cc1. The van der Waals surface area contributed by atoms with Crippen molar-refractivity contribution in [1.82, 2.24) is 19.5 Å². The van der Waals surface area contributed by atoms with Crippen molar-refractivity contribution in [3.8, 4) is 11.4 Å². The molecule has 1 amide bonds. The van der Waals surface area contributed by atoms with E-state index in [2.05, 4.69) is 15.3 Å². The van der Waals surface area contributed by atoms with E-state index >= 15 is 0 Å². The maximum Gasteiger partial charge on any atom is 0.416 e. The van der Waals surface area contributed by atoms with Crippen LogP contribution in [0.4, 0.5) is 19.0 Å². The van der Waals surface area contributed by atoms with E-state index in [-0.39, 0.29) is 36.4 Å². The van der Waals surface area contributed by atoms with E-state index < -0.39 is 23.6 Å². The van der Waals surface area contributed by atoms with E-state index in [1.807, 2.05) is 35.8 Å². The summed E-state index contributed by atoms with van der Waals surface area (Å²) in [6.07, 6.45) is -0.816. The number of nitrogens with one attached hydrogen (secondary N) is 1. The predicted molar refractivity (Wildman–Crippen MR) is 151 cm³/mol. The van der Waals surface area contributed by atoms with Gasteiger partial charge in [0.2, 0.25) is 11.7 Å². The number of primary amides is 1. The number of esters is 1. The van der Waals surface area contributed by atoms with Gasteiger partial charge < -0.3 is 20.4 Å². The minimum absolute atomic E-state index is 0.156. The van der Waals surface area contributed by atoms with Crippen LogP contribution >= 0.6 is 0 Å². The van der Waals surface area contributed by atoms with Gasteiger partial charge in [0, 0.05) is 24.6 Å². The van der Waals surface area contributed by atoms with Gasteiger partial charge in [-0.05, 0) is 55.9 Å². The first-order chi connectivity index (χ1) is 20.0. The van der Waals surface area contributed by atoms with E-state index in [0.717, 1.165) is 42.5 Å². The highest BCUT2D eigenvalue weighted by Crippen LogP contribution is 2.36. The molecule has 1 aliphatic rings. The minimum atomic E-state index is -4.45. The smallest absolute Gasteiger partial charge is 0.416 e. The topological polar surface area (TPSA) is 125 Å². The summed E-state index contributed by atoms with van der Waals surface area (Å²) < 4.78 is 46.5. The number of anilines is 1. The lowest BCUT2D eigenvalue weighted by Crippen LogP contribution is -2.35. The van der Waals surface area contributed by atoms with Crippen LogP contribution in [0, 0.1) is 12.8 Å². The standard InChI is InChI=1S/C30H31F3N6O3/c1-17-5-3-8-20(15-17)28-38-26-24(39(28)16-18-9-11-21(12-10-18)30(31,32)33)25(36-27(37-26)29(41)42-2)35-22(13-14-23(34)40)19-6-4-7-19/h3,5,8-12,15,19,22H,4,6-7,13-14,16H2,1-2H3,(H2,34,40)(H,35,36,37)/t22-/m1/s1. The molecule has 1 fully saturated rings. The van der Waals surface area contributed by atoms with Crippen LogP contribution in [-0.4, -0.2) is 44.5 Å². The zero-order valence-corrected chi connectivity index (χ0v) is 23.2.